The van der Waals surface area contributed by atoms with Crippen LogP contribution in [0.2, 0.25) is 0 Å². The molecule has 0 fully saturated rings. The molecule has 156 valence electrons. The van der Waals surface area contributed by atoms with Gasteiger partial charge in [-0.05, 0) is 30.5 Å². The summed E-state index contributed by atoms with van der Waals surface area (Å²) >= 11 is 8.02. The second-order valence-corrected chi connectivity index (χ2v) is 12.9. The monoisotopic (exact) mass is 468 g/mol. The van der Waals surface area contributed by atoms with E-state index < -0.39 is 0 Å². The Kier molecular flexibility index (Phi) is 6.56. The van der Waals surface area contributed by atoms with Gasteiger partial charge in [0, 0.05) is 20.5 Å². The average molecular weight is 469 g/mol. The van der Waals surface area contributed by atoms with E-state index in [1.165, 1.54) is 96.4 Å². The molecule has 4 heterocycles. The minimum Gasteiger partial charge on any atom is -0.129 e. The van der Waals surface area contributed by atoms with Crippen LogP contribution in [0.15, 0.2) is 42.5 Å². The van der Waals surface area contributed by atoms with E-state index in [1.807, 2.05) is 45.3 Å². The van der Waals surface area contributed by atoms with Gasteiger partial charge in [-0.25, -0.2) is 0 Å². The zero-order valence-corrected chi connectivity index (χ0v) is 20.8. The quantitative estimate of drug-likeness (QED) is 0.179. The van der Waals surface area contributed by atoms with Gasteiger partial charge in [0.2, 0.25) is 0 Å². The van der Waals surface area contributed by atoms with Crippen molar-refractivity contribution < 1.29 is 0 Å². The second-order valence-electron chi connectivity index (χ2n) is 8.18. The molecule has 0 nitrogen and oxygen atoms in total. The Morgan fingerprint density at radius 3 is 2.00 bits per heavy atom. The molecule has 1 aromatic carbocycles. The van der Waals surface area contributed by atoms with E-state index in [1.54, 1.807) is 4.88 Å². The fourth-order valence-corrected chi connectivity index (χ4v) is 9.83. The number of hydrogen-bond donors (Lipinski definition) is 0. The molecule has 5 aromatic rings. The van der Waals surface area contributed by atoms with Gasteiger partial charge in [0.25, 0.3) is 0 Å². The lowest BCUT2D eigenvalue weighted by atomic mass is 10.1. The Bertz CT molecular complexity index is 1230. The third-order valence-corrected chi connectivity index (χ3v) is 11.0. The first-order valence-corrected chi connectivity index (χ1v) is 14.5. The molecule has 30 heavy (non-hydrogen) atoms. The maximum Gasteiger partial charge on any atom is 0.0892 e. The molecule has 0 atom stereocenters. The molecule has 4 heteroatoms. The maximum absolute atomic E-state index is 2.50. The molecule has 0 N–H and O–H groups in total. The van der Waals surface area contributed by atoms with E-state index in [4.69, 9.17) is 0 Å². The SMILES string of the molecule is CCCCCCCCCCc1cc2c(s1)sc1c3cc(-c4ccccc4)sc3sc21. The molecular weight excluding hydrogens is 441 g/mol. The summed E-state index contributed by atoms with van der Waals surface area (Å²) in [6.45, 7) is 2.29. The molecule has 0 aliphatic rings. The molecule has 0 saturated heterocycles. The number of hydrogen-bond acceptors (Lipinski definition) is 4. The van der Waals surface area contributed by atoms with E-state index in [2.05, 4.69) is 49.4 Å². The minimum absolute atomic E-state index is 1.26. The number of aryl methyl sites for hydroxylation is 1. The zero-order chi connectivity index (χ0) is 20.3. The summed E-state index contributed by atoms with van der Waals surface area (Å²) in [6, 6.07) is 15.7. The van der Waals surface area contributed by atoms with Gasteiger partial charge in [0.05, 0.1) is 17.4 Å². The first-order valence-electron chi connectivity index (χ1n) is 11.3. The predicted molar refractivity (Wildman–Crippen MR) is 142 cm³/mol. The third kappa shape index (κ3) is 4.25. The Balaban J connectivity index is 1.26. The highest BCUT2D eigenvalue weighted by Crippen LogP contribution is 2.50. The van der Waals surface area contributed by atoms with Crippen LogP contribution >= 0.6 is 45.3 Å². The normalized spacial score (nSPS) is 12.0. The van der Waals surface area contributed by atoms with Crippen LogP contribution in [0.3, 0.4) is 0 Å². The van der Waals surface area contributed by atoms with Crippen LogP contribution in [0.4, 0.5) is 0 Å². The smallest absolute Gasteiger partial charge is 0.0892 e. The Labute approximate surface area is 195 Å². The van der Waals surface area contributed by atoms with Crippen LogP contribution in [0.25, 0.3) is 38.6 Å². The largest absolute Gasteiger partial charge is 0.129 e. The Hall–Kier alpha value is -1.20. The van der Waals surface area contributed by atoms with Gasteiger partial charge in [0.15, 0.2) is 0 Å². The van der Waals surface area contributed by atoms with Crippen molar-refractivity contribution in [3.8, 4) is 10.4 Å². The van der Waals surface area contributed by atoms with Crippen LogP contribution in [-0.4, -0.2) is 0 Å². The molecule has 4 aromatic heterocycles. The topological polar surface area (TPSA) is 0 Å². The summed E-state index contributed by atoms with van der Waals surface area (Å²) < 4.78 is 6.04. The lowest BCUT2D eigenvalue weighted by molar-refractivity contribution is 0.576. The van der Waals surface area contributed by atoms with E-state index in [-0.39, 0.29) is 0 Å². The molecule has 0 amide bonds. The highest BCUT2D eigenvalue weighted by molar-refractivity contribution is 7.49. The number of benzene rings is 1. The van der Waals surface area contributed by atoms with E-state index in [0.717, 1.165) is 0 Å². The Morgan fingerprint density at radius 1 is 0.633 bits per heavy atom. The number of fused-ring (bicyclic) bond motifs is 5. The van der Waals surface area contributed by atoms with Gasteiger partial charge in [-0.3, -0.25) is 0 Å². The lowest BCUT2D eigenvalue weighted by Gasteiger charge is -2.00. The summed E-state index contributed by atoms with van der Waals surface area (Å²) in [5, 5.41) is 2.99. The zero-order valence-electron chi connectivity index (χ0n) is 17.5. The van der Waals surface area contributed by atoms with Crippen molar-refractivity contribution >= 4 is 73.5 Å². The number of unbranched alkanes of at least 4 members (excludes halogenated alkanes) is 7. The fraction of sp³-hybridized carbons (Fsp3) is 0.385. The standard InChI is InChI=1S/C26H28S4/c1-2-3-4-5-6-7-8-12-15-19-16-20-23-24(29-25(20)27-19)21-17-22(28-26(21)30-23)18-13-10-9-11-14-18/h9-11,13-14,16-17H,2-8,12,15H2,1H3. The number of rotatable bonds is 10. The average Bonchev–Trinajstić information content (AvgIpc) is 3.49. The minimum atomic E-state index is 1.26. The first kappa shape index (κ1) is 20.7. The second kappa shape index (κ2) is 9.52. The summed E-state index contributed by atoms with van der Waals surface area (Å²) in [6.07, 6.45) is 12.5. The molecule has 0 radical (unpaired) electrons. The molecule has 5 rings (SSSR count). The molecule has 0 aliphatic carbocycles. The third-order valence-electron chi connectivity index (χ3n) is 5.87. The van der Waals surface area contributed by atoms with Crippen molar-refractivity contribution in [1.29, 1.82) is 0 Å². The molecule has 0 spiro atoms. The number of thiophene rings is 4. The summed E-state index contributed by atoms with van der Waals surface area (Å²) in [5.74, 6) is 0. The van der Waals surface area contributed by atoms with Crippen molar-refractivity contribution in [3.63, 3.8) is 0 Å². The van der Waals surface area contributed by atoms with Gasteiger partial charge >= 0.3 is 0 Å². The molecule has 0 aliphatic heterocycles. The van der Waals surface area contributed by atoms with Crippen molar-refractivity contribution in [2.75, 3.05) is 0 Å². The van der Waals surface area contributed by atoms with Crippen molar-refractivity contribution in [2.45, 2.75) is 64.7 Å². The van der Waals surface area contributed by atoms with Crippen LogP contribution in [0.1, 0.15) is 63.2 Å². The summed E-state index contributed by atoms with van der Waals surface area (Å²) in [5.41, 5.74) is 1.34. The van der Waals surface area contributed by atoms with E-state index in [0.29, 0.717) is 0 Å². The van der Waals surface area contributed by atoms with E-state index in [9.17, 15) is 0 Å². The highest BCUT2D eigenvalue weighted by Gasteiger charge is 2.17. The highest BCUT2D eigenvalue weighted by atomic mass is 32.2. The van der Waals surface area contributed by atoms with Crippen LogP contribution < -0.4 is 0 Å². The van der Waals surface area contributed by atoms with Crippen molar-refractivity contribution in [2.24, 2.45) is 0 Å². The van der Waals surface area contributed by atoms with E-state index >= 15 is 0 Å². The Morgan fingerprint density at radius 2 is 1.27 bits per heavy atom. The van der Waals surface area contributed by atoms with Gasteiger partial charge in [-0.15, -0.1) is 45.3 Å². The van der Waals surface area contributed by atoms with Gasteiger partial charge in [0.1, 0.15) is 0 Å². The van der Waals surface area contributed by atoms with Crippen LogP contribution in [0, 0.1) is 0 Å². The summed E-state index contributed by atoms with van der Waals surface area (Å²) in [7, 11) is 0. The van der Waals surface area contributed by atoms with Crippen molar-refractivity contribution in [1.82, 2.24) is 0 Å². The fourth-order valence-electron chi connectivity index (χ4n) is 4.20. The maximum atomic E-state index is 2.50. The van der Waals surface area contributed by atoms with Crippen LogP contribution in [0.5, 0.6) is 0 Å². The van der Waals surface area contributed by atoms with Gasteiger partial charge in [-0.2, -0.15) is 0 Å². The predicted octanol–water partition coefficient (Wildman–Crippen LogP) is 10.7. The molecular formula is C26H28S4. The molecule has 0 unspecified atom stereocenters. The first-order chi connectivity index (χ1) is 14.8. The van der Waals surface area contributed by atoms with Gasteiger partial charge in [-0.1, -0.05) is 82.2 Å². The molecule has 0 bridgehead atoms. The van der Waals surface area contributed by atoms with Crippen molar-refractivity contribution in [3.05, 3.63) is 47.3 Å². The van der Waals surface area contributed by atoms with Gasteiger partial charge < -0.3 is 0 Å². The lowest BCUT2D eigenvalue weighted by Crippen LogP contribution is -1.83. The molecule has 0 saturated carbocycles. The summed E-state index contributed by atoms with van der Waals surface area (Å²) in [4.78, 5) is 2.98. The van der Waals surface area contributed by atoms with Crippen LogP contribution in [-0.2, 0) is 6.42 Å².